The van der Waals surface area contributed by atoms with Gasteiger partial charge in [0.2, 0.25) is 11.8 Å². The van der Waals surface area contributed by atoms with E-state index in [-0.39, 0.29) is 24.0 Å². The van der Waals surface area contributed by atoms with Gasteiger partial charge in [-0.3, -0.25) is 14.4 Å². The lowest BCUT2D eigenvalue weighted by molar-refractivity contribution is -0.132. The van der Waals surface area contributed by atoms with Crippen molar-refractivity contribution in [3.8, 4) is 0 Å². The summed E-state index contributed by atoms with van der Waals surface area (Å²) < 4.78 is 0. The third kappa shape index (κ3) is 9.21. The average Bonchev–Trinajstić information content (AvgIpc) is 2.44. The summed E-state index contributed by atoms with van der Waals surface area (Å²) in [6.07, 6.45) is 6.25. The molecule has 0 fully saturated rings. The highest BCUT2D eigenvalue weighted by molar-refractivity contribution is 5.93. The first-order chi connectivity index (χ1) is 9.92. The number of hydrogen-bond donors (Lipinski definition) is 2. The lowest BCUT2D eigenvalue weighted by Gasteiger charge is -2.19. The minimum Gasteiger partial charge on any atom is -0.370 e. The first-order valence-electron chi connectivity index (χ1n) is 8.03. The fourth-order valence-corrected chi connectivity index (χ4v) is 2.12. The fraction of sp³-hybridized carbons (Fsp3) is 0.812. The second-order valence-corrected chi connectivity index (χ2v) is 5.67. The highest BCUT2D eigenvalue weighted by atomic mass is 16.2. The number of nitrogens with two attached hydrogens (primary N) is 1. The molecule has 0 radical (unpaired) electrons. The van der Waals surface area contributed by atoms with Gasteiger partial charge in [-0.1, -0.05) is 46.5 Å². The molecule has 0 aromatic carbocycles. The van der Waals surface area contributed by atoms with Crippen LogP contribution in [0, 0.1) is 5.92 Å². The molecule has 2 atom stereocenters. The van der Waals surface area contributed by atoms with Crippen LogP contribution in [0.5, 0.6) is 0 Å². The van der Waals surface area contributed by atoms with E-state index in [1.54, 1.807) is 6.92 Å². The van der Waals surface area contributed by atoms with Gasteiger partial charge in [0.05, 0.1) is 12.5 Å². The molecule has 0 aliphatic carbocycles. The van der Waals surface area contributed by atoms with Gasteiger partial charge in [0, 0.05) is 12.3 Å². The third-order valence-corrected chi connectivity index (χ3v) is 3.69. The number of Topliss-reactive ketones (excluding diaryl/α,β-unsaturated/α-hetero) is 1. The first kappa shape index (κ1) is 19.6. The van der Waals surface area contributed by atoms with Crippen molar-refractivity contribution >= 4 is 17.6 Å². The molecule has 0 unspecified atom stereocenters. The minimum atomic E-state index is -0.777. The van der Waals surface area contributed by atoms with Gasteiger partial charge in [0.1, 0.15) is 0 Å². The summed E-state index contributed by atoms with van der Waals surface area (Å²) in [4.78, 5) is 35.1. The molecule has 0 aliphatic heterocycles. The zero-order chi connectivity index (χ0) is 16.3. The number of rotatable bonds is 12. The molecule has 0 bridgehead atoms. The van der Waals surface area contributed by atoms with Crippen LogP contribution in [0.2, 0.25) is 0 Å². The molecule has 0 aromatic heterocycles. The Bertz CT molecular complexity index is 342. The summed E-state index contributed by atoms with van der Waals surface area (Å²) >= 11 is 0. The molecule has 5 heteroatoms. The lowest BCUT2D eigenvalue weighted by atomic mass is 9.95. The molecule has 0 aromatic rings. The zero-order valence-electron chi connectivity index (χ0n) is 13.6. The fourth-order valence-electron chi connectivity index (χ4n) is 2.12. The zero-order valence-corrected chi connectivity index (χ0v) is 13.6. The minimum absolute atomic E-state index is 0.115. The van der Waals surface area contributed by atoms with Gasteiger partial charge in [-0.15, -0.1) is 0 Å². The Morgan fingerprint density at radius 2 is 1.67 bits per heavy atom. The van der Waals surface area contributed by atoms with Crippen molar-refractivity contribution in [2.24, 2.45) is 11.7 Å². The molecule has 0 heterocycles. The Hall–Kier alpha value is -1.39. The smallest absolute Gasteiger partial charge is 0.220 e. The molecule has 0 saturated heterocycles. The highest BCUT2D eigenvalue weighted by Crippen LogP contribution is 2.10. The predicted octanol–water partition coefficient (Wildman–Crippen LogP) is 2.32. The molecular formula is C16H30N2O3. The van der Waals surface area contributed by atoms with Crippen LogP contribution in [-0.4, -0.2) is 23.6 Å². The molecule has 21 heavy (non-hydrogen) atoms. The van der Waals surface area contributed by atoms with E-state index in [0.717, 1.165) is 25.7 Å². The summed E-state index contributed by atoms with van der Waals surface area (Å²) in [5, 5.41) is 2.66. The predicted molar refractivity (Wildman–Crippen MR) is 83.6 cm³/mol. The second kappa shape index (κ2) is 11.3. The maximum Gasteiger partial charge on any atom is 0.220 e. The summed E-state index contributed by atoms with van der Waals surface area (Å²) in [5.74, 6) is -1.04. The van der Waals surface area contributed by atoms with E-state index in [2.05, 4.69) is 12.2 Å². The Morgan fingerprint density at radius 3 is 2.19 bits per heavy atom. The summed E-state index contributed by atoms with van der Waals surface area (Å²) in [6.45, 7) is 5.84. The van der Waals surface area contributed by atoms with Gasteiger partial charge in [-0.2, -0.15) is 0 Å². The maximum absolute atomic E-state index is 12.1. The van der Waals surface area contributed by atoms with Crippen molar-refractivity contribution in [3.63, 3.8) is 0 Å². The third-order valence-electron chi connectivity index (χ3n) is 3.69. The number of carbonyl (C=O) groups is 3. The Labute approximate surface area is 128 Å². The van der Waals surface area contributed by atoms with Gasteiger partial charge < -0.3 is 11.1 Å². The van der Waals surface area contributed by atoms with E-state index in [9.17, 15) is 14.4 Å². The van der Waals surface area contributed by atoms with Crippen LogP contribution < -0.4 is 11.1 Å². The van der Waals surface area contributed by atoms with Crippen molar-refractivity contribution < 1.29 is 14.4 Å². The molecule has 0 rings (SSSR count). The largest absolute Gasteiger partial charge is 0.370 e. The molecular weight excluding hydrogens is 268 g/mol. The Kier molecular flexibility index (Phi) is 10.5. The Balaban J connectivity index is 4.29. The summed E-state index contributed by atoms with van der Waals surface area (Å²) in [7, 11) is 0. The van der Waals surface area contributed by atoms with Crippen molar-refractivity contribution in [1.29, 1.82) is 0 Å². The van der Waals surface area contributed by atoms with Crippen LogP contribution in [0.25, 0.3) is 0 Å². The van der Waals surface area contributed by atoms with Crippen LogP contribution in [0.1, 0.15) is 72.1 Å². The number of nitrogens with one attached hydrogen (secondary N) is 1. The molecule has 5 nitrogen and oxygen atoms in total. The van der Waals surface area contributed by atoms with Gasteiger partial charge in [-0.25, -0.2) is 0 Å². The maximum atomic E-state index is 12.1. The quantitative estimate of drug-likeness (QED) is 0.542. The van der Waals surface area contributed by atoms with Crippen LogP contribution in [-0.2, 0) is 14.4 Å². The second-order valence-electron chi connectivity index (χ2n) is 5.67. The van der Waals surface area contributed by atoms with E-state index in [4.69, 9.17) is 5.73 Å². The van der Waals surface area contributed by atoms with Crippen molar-refractivity contribution in [1.82, 2.24) is 5.32 Å². The molecule has 2 amide bonds. The van der Waals surface area contributed by atoms with Crippen molar-refractivity contribution in [2.75, 3.05) is 0 Å². The standard InChI is InChI=1S/C16H30N2O3/c1-4-6-7-8-9-10-15(20)18-13(11-14(17)19)16(21)12(3)5-2/h12-13H,4-11H2,1-3H3,(H2,17,19)(H,18,20)/t12-,13-/m1/s1. The molecule has 0 spiro atoms. The molecule has 0 aliphatic rings. The van der Waals surface area contributed by atoms with Gasteiger partial charge in [0.25, 0.3) is 0 Å². The van der Waals surface area contributed by atoms with E-state index in [1.165, 1.54) is 6.42 Å². The van der Waals surface area contributed by atoms with Crippen LogP contribution >= 0.6 is 0 Å². The van der Waals surface area contributed by atoms with E-state index >= 15 is 0 Å². The average molecular weight is 298 g/mol. The highest BCUT2D eigenvalue weighted by Gasteiger charge is 2.25. The Morgan fingerprint density at radius 1 is 1.05 bits per heavy atom. The number of primary amides is 1. The van der Waals surface area contributed by atoms with Crippen molar-refractivity contribution in [2.45, 2.75) is 78.2 Å². The number of amides is 2. The SMILES string of the molecule is CCCCCCCC(=O)N[C@H](CC(N)=O)C(=O)[C@H](C)CC. The molecule has 3 N–H and O–H groups in total. The van der Waals surface area contributed by atoms with Crippen LogP contribution in [0.4, 0.5) is 0 Å². The monoisotopic (exact) mass is 298 g/mol. The van der Waals surface area contributed by atoms with Gasteiger partial charge in [-0.05, 0) is 12.8 Å². The number of hydrogen-bond acceptors (Lipinski definition) is 3. The van der Waals surface area contributed by atoms with Crippen LogP contribution in [0.15, 0.2) is 0 Å². The molecule has 0 saturated carbocycles. The number of ketones is 1. The topological polar surface area (TPSA) is 89.3 Å². The molecule has 122 valence electrons. The normalized spacial score (nSPS) is 13.5. The first-order valence-corrected chi connectivity index (χ1v) is 8.03. The summed E-state index contributed by atoms with van der Waals surface area (Å²) in [5.41, 5.74) is 5.16. The summed E-state index contributed by atoms with van der Waals surface area (Å²) in [6, 6.07) is -0.777. The van der Waals surface area contributed by atoms with E-state index < -0.39 is 11.9 Å². The number of unbranched alkanes of at least 4 members (excludes halogenated alkanes) is 4. The number of carbonyl (C=O) groups excluding carboxylic acids is 3. The van der Waals surface area contributed by atoms with Crippen LogP contribution in [0.3, 0.4) is 0 Å². The van der Waals surface area contributed by atoms with E-state index in [0.29, 0.717) is 12.8 Å². The van der Waals surface area contributed by atoms with Gasteiger partial charge >= 0.3 is 0 Å². The van der Waals surface area contributed by atoms with Gasteiger partial charge in [0.15, 0.2) is 5.78 Å². The lowest BCUT2D eigenvalue weighted by Crippen LogP contribution is -2.45. The van der Waals surface area contributed by atoms with E-state index in [1.807, 2.05) is 6.92 Å². The van der Waals surface area contributed by atoms with Crippen molar-refractivity contribution in [3.05, 3.63) is 0 Å².